The molecule has 0 bridgehead atoms. The number of rotatable bonds is 4. The minimum Gasteiger partial charge on any atom is -0.339 e. The maximum atomic E-state index is 13.4. The summed E-state index contributed by atoms with van der Waals surface area (Å²) in [5.41, 5.74) is 1.68. The number of carbonyl (C=O) groups excluding carboxylic acids is 2. The van der Waals surface area contributed by atoms with Crippen LogP contribution in [0.15, 0.2) is 72.8 Å². The molecule has 10 nitrogen and oxygen atoms in total. The average Bonchev–Trinajstić information content (AvgIpc) is 3.22. The van der Waals surface area contributed by atoms with Gasteiger partial charge in [-0.05, 0) is 36.6 Å². The Balaban J connectivity index is 1.38. The quantitative estimate of drug-likeness (QED) is 0.399. The van der Waals surface area contributed by atoms with Crippen LogP contribution in [0.4, 0.5) is 17.1 Å². The van der Waals surface area contributed by atoms with Gasteiger partial charge < -0.3 is 9.80 Å². The molecule has 2 aliphatic heterocycles. The second-order valence-electron chi connectivity index (χ2n) is 9.10. The van der Waals surface area contributed by atoms with Gasteiger partial charge in [-0.15, -0.1) is 0 Å². The van der Waals surface area contributed by atoms with Crippen molar-refractivity contribution in [2.24, 2.45) is 0 Å². The fraction of sp³-hybridized carbons (Fsp3) is 0.231. The largest absolute Gasteiger partial charge is 0.339 e. The zero-order valence-corrected chi connectivity index (χ0v) is 19.2. The standard InChI is InChI=1S/C26H22N4O6/c31-24(18-5-3-7-20(15-18)29(33)34)27-13-11-26(12-14-27)17-28(23-10-2-1-9-22(23)26)25(32)19-6-4-8-21(16-19)30(35)36/h1-10,15-16H,11-14,17H2. The van der Waals surface area contributed by atoms with Crippen LogP contribution in [0.5, 0.6) is 0 Å². The lowest BCUT2D eigenvalue weighted by Crippen LogP contribution is -2.47. The molecule has 0 N–H and O–H groups in total. The van der Waals surface area contributed by atoms with E-state index in [2.05, 4.69) is 0 Å². The van der Waals surface area contributed by atoms with E-state index in [-0.39, 0.29) is 39.7 Å². The second kappa shape index (κ2) is 8.88. The third-order valence-electron chi connectivity index (χ3n) is 7.09. The van der Waals surface area contributed by atoms with Crippen molar-refractivity contribution in [3.8, 4) is 0 Å². The lowest BCUT2D eigenvalue weighted by molar-refractivity contribution is -0.385. The Morgan fingerprint density at radius 2 is 1.31 bits per heavy atom. The van der Waals surface area contributed by atoms with Crippen LogP contribution in [0.25, 0.3) is 0 Å². The molecule has 0 aliphatic carbocycles. The minimum absolute atomic E-state index is 0.130. The number of nitrogens with zero attached hydrogens (tertiary/aromatic N) is 4. The lowest BCUT2D eigenvalue weighted by atomic mass is 9.74. The van der Waals surface area contributed by atoms with E-state index in [1.165, 1.54) is 36.4 Å². The van der Waals surface area contributed by atoms with E-state index >= 15 is 0 Å². The predicted molar refractivity (Wildman–Crippen MR) is 131 cm³/mol. The highest BCUT2D eigenvalue weighted by molar-refractivity contribution is 6.08. The van der Waals surface area contributed by atoms with Crippen LogP contribution in [-0.4, -0.2) is 46.2 Å². The van der Waals surface area contributed by atoms with E-state index in [0.717, 1.165) is 11.3 Å². The molecule has 1 spiro atoms. The number of carbonyl (C=O) groups is 2. The van der Waals surface area contributed by atoms with Gasteiger partial charge in [0.05, 0.1) is 9.85 Å². The van der Waals surface area contributed by atoms with E-state index < -0.39 is 9.85 Å². The predicted octanol–water partition coefficient (Wildman–Crippen LogP) is 4.34. The fourth-order valence-electron chi connectivity index (χ4n) is 5.22. The number of hydrogen-bond donors (Lipinski definition) is 0. The van der Waals surface area contributed by atoms with Crippen LogP contribution in [-0.2, 0) is 5.41 Å². The number of anilines is 1. The summed E-state index contributed by atoms with van der Waals surface area (Å²) >= 11 is 0. The smallest absolute Gasteiger partial charge is 0.270 e. The highest BCUT2D eigenvalue weighted by Gasteiger charge is 2.47. The van der Waals surface area contributed by atoms with Crippen LogP contribution >= 0.6 is 0 Å². The highest BCUT2D eigenvalue weighted by atomic mass is 16.6. The van der Waals surface area contributed by atoms with Crippen molar-refractivity contribution in [2.45, 2.75) is 18.3 Å². The van der Waals surface area contributed by atoms with Crippen molar-refractivity contribution < 1.29 is 19.4 Å². The topological polar surface area (TPSA) is 127 Å². The van der Waals surface area contributed by atoms with Gasteiger partial charge in [0, 0.05) is 66.1 Å². The zero-order valence-electron chi connectivity index (χ0n) is 19.2. The number of para-hydroxylation sites is 1. The Bertz CT molecular complexity index is 1400. The van der Waals surface area contributed by atoms with Gasteiger partial charge in [0.1, 0.15) is 0 Å². The molecular formula is C26H22N4O6. The van der Waals surface area contributed by atoms with Gasteiger partial charge in [-0.25, -0.2) is 0 Å². The fourth-order valence-corrected chi connectivity index (χ4v) is 5.22. The van der Waals surface area contributed by atoms with Gasteiger partial charge in [0.15, 0.2) is 0 Å². The number of nitro groups is 2. The monoisotopic (exact) mass is 486 g/mol. The molecule has 0 radical (unpaired) electrons. The number of likely N-dealkylation sites (tertiary alicyclic amines) is 1. The van der Waals surface area contributed by atoms with Crippen LogP contribution in [0.3, 0.4) is 0 Å². The molecule has 182 valence electrons. The van der Waals surface area contributed by atoms with Crippen molar-refractivity contribution >= 4 is 28.9 Å². The summed E-state index contributed by atoms with van der Waals surface area (Å²) in [5, 5.41) is 22.3. The molecule has 0 saturated carbocycles. The summed E-state index contributed by atoms with van der Waals surface area (Å²) in [5.74, 6) is -0.567. The molecular weight excluding hydrogens is 464 g/mol. The summed E-state index contributed by atoms with van der Waals surface area (Å²) in [6.45, 7) is 1.29. The van der Waals surface area contributed by atoms with E-state index in [9.17, 15) is 29.8 Å². The number of hydrogen-bond acceptors (Lipinski definition) is 6. The molecule has 0 aromatic heterocycles. The first-order valence-corrected chi connectivity index (χ1v) is 11.5. The van der Waals surface area contributed by atoms with Crippen molar-refractivity contribution in [2.75, 3.05) is 24.5 Å². The maximum absolute atomic E-state index is 13.4. The third-order valence-corrected chi connectivity index (χ3v) is 7.09. The molecule has 2 amide bonds. The number of fused-ring (bicyclic) bond motifs is 2. The first kappa shape index (κ1) is 23.2. The minimum atomic E-state index is -0.524. The van der Waals surface area contributed by atoms with Crippen molar-refractivity contribution in [1.29, 1.82) is 0 Å². The SMILES string of the molecule is O=C(c1cccc([N+](=O)[O-])c1)N1CCC2(CC1)CN(C(=O)c1cccc([N+](=O)[O-])c1)c1ccccc12. The Morgan fingerprint density at radius 3 is 1.89 bits per heavy atom. The number of non-ortho nitro benzene ring substituents is 2. The van der Waals surface area contributed by atoms with Crippen LogP contribution in [0.1, 0.15) is 39.1 Å². The number of piperidine rings is 1. The first-order valence-electron chi connectivity index (χ1n) is 11.5. The van der Waals surface area contributed by atoms with E-state index in [4.69, 9.17) is 0 Å². The van der Waals surface area contributed by atoms with Crippen molar-refractivity contribution in [1.82, 2.24) is 4.90 Å². The Kier molecular flexibility index (Phi) is 5.71. The number of benzene rings is 3. The van der Waals surface area contributed by atoms with Crippen molar-refractivity contribution in [3.63, 3.8) is 0 Å². The second-order valence-corrected chi connectivity index (χ2v) is 9.10. The molecule has 0 unspecified atom stereocenters. The molecule has 2 aliphatic rings. The van der Waals surface area contributed by atoms with E-state index in [0.29, 0.717) is 32.5 Å². The van der Waals surface area contributed by atoms with E-state index in [1.54, 1.807) is 21.9 Å². The molecule has 2 heterocycles. The van der Waals surface area contributed by atoms with Gasteiger partial charge in [-0.2, -0.15) is 0 Å². The lowest BCUT2D eigenvalue weighted by Gasteiger charge is -2.40. The first-order chi connectivity index (χ1) is 17.3. The van der Waals surface area contributed by atoms with Gasteiger partial charge >= 0.3 is 0 Å². The number of nitro benzene ring substituents is 2. The summed E-state index contributed by atoms with van der Waals surface area (Å²) in [7, 11) is 0. The maximum Gasteiger partial charge on any atom is 0.270 e. The molecule has 36 heavy (non-hydrogen) atoms. The Hall–Kier alpha value is -4.60. The molecule has 5 rings (SSSR count). The van der Waals surface area contributed by atoms with Crippen molar-refractivity contribution in [3.05, 3.63) is 110 Å². The van der Waals surface area contributed by atoms with Gasteiger partial charge in [-0.1, -0.05) is 30.3 Å². The molecule has 1 fully saturated rings. The van der Waals surface area contributed by atoms with Crippen LogP contribution in [0, 0.1) is 20.2 Å². The molecule has 3 aromatic carbocycles. The summed E-state index contributed by atoms with van der Waals surface area (Å²) < 4.78 is 0. The highest BCUT2D eigenvalue weighted by Crippen LogP contribution is 2.47. The summed E-state index contributed by atoms with van der Waals surface area (Å²) in [6.07, 6.45) is 1.23. The zero-order chi connectivity index (χ0) is 25.4. The van der Waals surface area contributed by atoms with E-state index in [1.807, 2.05) is 24.3 Å². The molecule has 0 atom stereocenters. The Labute approximate surface area is 206 Å². The van der Waals surface area contributed by atoms with Gasteiger partial charge in [0.2, 0.25) is 0 Å². The molecule has 1 saturated heterocycles. The normalized spacial score (nSPS) is 16.0. The van der Waals surface area contributed by atoms with Crippen LogP contribution in [0.2, 0.25) is 0 Å². The molecule has 3 aromatic rings. The summed E-state index contributed by atoms with van der Waals surface area (Å²) in [6, 6.07) is 19.1. The molecule has 10 heteroatoms. The third kappa shape index (κ3) is 3.96. The van der Waals surface area contributed by atoms with Gasteiger partial charge in [0.25, 0.3) is 23.2 Å². The van der Waals surface area contributed by atoms with Gasteiger partial charge in [-0.3, -0.25) is 29.8 Å². The number of amides is 2. The average molecular weight is 486 g/mol. The van der Waals surface area contributed by atoms with Crippen LogP contribution < -0.4 is 4.90 Å². The summed E-state index contributed by atoms with van der Waals surface area (Å²) in [4.78, 5) is 51.1. The Morgan fingerprint density at radius 1 is 0.750 bits per heavy atom.